The monoisotopic (exact) mass is 370 g/mol. The van der Waals surface area contributed by atoms with E-state index in [1.54, 1.807) is 17.0 Å². The zero-order valence-corrected chi connectivity index (χ0v) is 15.1. The Kier molecular flexibility index (Phi) is 6.41. The van der Waals surface area contributed by atoms with E-state index in [9.17, 15) is 14.0 Å². The maximum Gasteiger partial charge on any atom is 0.260 e. The van der Waals surface area contributed by atoms with Crippen molar-refractivity contribution >= 4 is 11.8 Å². The number of piperidine rings is 1. The van der Waals surface area contributed by atoms with Gasteiger partial charge in [0.15, 0.2) is 6.61 Å². The normalized spacial score (nSPS) is 14.6. The van der Waals surface area contributed by atoms with Gasteiger partial charge >= 0.3 is 0 Å². The Bertz CT molecular complexity index is 757. The molecule has 5 nitrogen and oxygen atoms in total. The van der Waals surface area contributed by atoms with Gasteiger partial charge in [-0.05, 0) is 42.7 Å². The summed E-state index contributed by atoms with van der Waals surface area (Å²) < 4.78 is 18.4. The quantitative estimate of drug-likeness (QED) is 0.851. The minimum absolute atomic E-state index is 0.00540. The molecule has 1 heterocycles. The van der Waals surface area contributed by atoms with E-state index in [0.717, 1.165) is 5.56 Å². The molecule has 1 saturated heterocycles. The van der Waals surface area contributed by atoms with E-state index in [1.807, 2.05) is 30.3 Å². The van der Waals surface area contributed by atoms with Crippen LogP contribution in [0.4, 0.5) is 4.39 Å². The Morgan fingerprint density at radius 3 is 2.37 bits per heavy atom. The van der Waals surface area contributed by atoms with E-state index < -0.39 is 0 Å². The SMILES string of the molecule is O=C(NCc1ccc(F)cc1)C1CCN(C(=O)COc2ccccc2)CC1. The Balaban J connectivity index is 1.39. The number of carbonyl (C=O) groups is 2. The van der Waals surface area contributed by atoms with Crippen LogP contribution in [0.2, 0.25) is 0 Å². The predicted octanol–water partition coefficient (Wildman–Crippen LogP) is 2.76. The molecule has 27 heavy (non-hydrogen) atoms. The maximum absolute atomic E-state index is 12.9. The van der Waals surface area contributed by atoms with Gasteiger partial charge in [0.2, 0.25) is 5.91 Å². The number of para-hydroxylation sites is 1. The molecule has 0 radical (unpaired) electrons. The summed E-state index contributed by atoms with van der Waals surface area (Å²) in [5.74, 6) is 0.180. The molecule has 1 aliphatic rings. The first-order valence-corrected chi connectivity index (χ1v) is 9.09. The van der Waals surface area contributed by atoms with E-state index >= 15 is 0 Å². The zero-order chi connectivity index (χ0) is 19.1. The molecule has 6 heteroatoms. The summed E-state index contributed by atoms with van der Waals surface area (Å²) >= 11 is 0. The maximum atomic E-state index is 12.9. The number of likely N-dealkylation sites (tertiary alicyclic amines) is 1. The fraction of sp³-hybridized carbons (Fsp3) is 0.333. The van der Waals surface area contributed by atoms with Crippen LogP contribution in [0.1, 0.15) is 18.4 Å². The minimum atomic E-state index is -0.293. The van der Waals surface area contributed by atoms with Crippen LogP contribution < -0.4 is 10.1 Å². The van der Waals surface area contributed by atoms with Crippen LogP contribution in [-0.4, -0.2) is 36.4 Å². The summed E-state index contributed by atoms with van der Waals surface area (Å²) in [6, 6.07) is 15.3. The summed E-state index contributed by atoms with van der Waals surface area (Å²) in [4.78, 5) is 26.3. The lowest BCUT2D eigenvalue weighted by atomic mass is 9.96. The van der Waals surface area contributed by atoms with E-state index in [-0.39, 0.29) is 30.2 Å². The van der Waals surface area contributed by atoms with Gasteiger partial charge in [0.05, 0.1) is 0 Å². The molecular weight excluding hydrogens is 347 g/mol. The molecule has 2 amide bonds. The average molecular weight is 370 g/mol. The molecule has 0 atom stereocenters. The van der Waals surface area contributed by atoms with Crippen LogP contribution >= 0.6 is 0 Å². The average Bonchev–Trinajstić information content (AvgIpc) is 2.72. The fourth-order valence-corrected chi connectivity index (χ4v) is 3.08. The molecular formula is C21H23FN2O3. The smallest absolute Gasteiger partial charge is 0.260 e. The third-order valence-electron chi connectivity index (χ3n) is 4.70. The van der Waals surface area contributed by atoms with Crippen molar-refractivity contribution in [3.8, 4) is 5.75 Å². The standard InChI is InChI=1S/C21H23FN2O3/c22-18-8-6-16(7-9-18)14-23-21(26)17-10-12-24(13-11-17)20(25)15-27-19-4-2-1-3-5-19/h1-9,17H,10-15H2,(H,23,26). The first-order valence-electron chi connectivity index (χ1n) is 9.09. The van der Waals surface area contributed by atoms with Gasteiger partial charge < -0.3 is 15.0 Å². The number of halogens is 1. The van der Waals surface area contributed by atoms with Crippen LogP contribution in [0.3, 0.4) is 0 Å². The third-order valence-corrected chi connectivity index (χ3v) is 4.70. The van der Waals surface area contributed by atoms with Crippen molar-refractivity contribution in [1.82, 2.24) is 10.2 Å². The number of hydrogen-bond acceptors (Lipinski definition) is 3. The van der Waals surface area contributed by atoms with Crippen molar-refractivity contribution in [2.75, 3.05) is 19.7 Å². The summed E-state index contributed by atoms with van der Waals surface area (Å²) in [6.45, 7) is 1.48. The van der Waals surface area contributed by atoms with Gasteiger partial charge in [-0.2, -0.15) is 0 Å². The number of benzene rings is 2. The zero-order valence-electron chi connectivity index (χ0n) is 15.1. The molecule has 3 rings (SSSR count). The van der Waals surface area contributed by atoms with Crippen LogP contribution in [0.5, 0.6) is 5.75 Å². The molecule has 1 fully saturated rings. The molecule has 0 spiro atoms. The second-order valence-corrected chi connectivity index (χ2v) is 6.60. The summed E-state index contributed by atoms with van der Waals surface area (Å²) in [5, 5.41) is 2.89. The molecule has 1 aliphatic heterocycles. The Morgan fingerprint density at radius 2 is 1.70 bits per heavy atom. The van der Waals surface area contributed by atoms with Crippen LogP contribution in [0, 0.1) is 11.7 Å². The number of ether oxygens (including phenoxy) is 1. The summed E-state index contributed by atoms with van der Waals surface area (Å²) in [5.41, 5.74) is 0.857. The Labute approximate surface area is 158 Å². The second kappa shape index (κ2) is 9.16. The highest BCUT2D eigenvalue weighted by Gasteiger charge is 2.27. The Hall–Kier alpha value is -2.89. The molecule has 0 aromatic heterocycles. The van der Waals surface area contributed by atoms with E-state index in [4.69, 9.17) is 4.74 Å². The minimum Gasteiger partial charge on any atom is -0.484 e. The van der Waals surface area contributed by atoms with Crippen LogP contribution in [0.15, 0.2) is 54.6 Å². The molecule has 142 valence electrons. The summed E-state index contributed by atoms with van der Waals surface area (Å²) in [7, 11) is 0. The van der Waals surface area contributed by atoms with Crippen molar-refractivity contribution in [3.05, 3.63) is 66.0 Å². The van der Waals surface area contributed by atoms with Gasteiger partial charge in [-0.3, -0.25) is 9.59 Å². The molecule has 0 unspecified atom stereocenters. The van der Waals surface area contributed by atoms with Crippen molar-refractivity contribution in [3.63, 3.8) is 0 Å². The molecule has 0 saturated carbocycles. The topological polar surface area (TPSA) is 58.6 Å². The largest absolute Gasteiger partial charge is 0.484 e. The van der Waals surface area contributed by atoms with E-state index in [0.29, 0.717) is 38.2 Å². The van der Waals surface area contributed by atoms with E-state index in [1.165, 1.54) is 12.1 Å². The van der Waals surface area contributed by atoms with Crippen LogP contribution in [-0.2, 0) is 16.1 Å². The van der Waals surface area contributed by atoms with Crippen molar-refractivity contribution in [2.24, 2.45) is 5.92 Å². The van der Waals surface area contributed by atoms with Crippen molar-refractivity contribution in [1.29, 1.82) is 0 Å². The lowest BCUT2D eigenvalue weighted by Gasteiger charge is -2.31. The molecule has 2 aromatic rings. The van der Waals surface area contributed by atoms with Gasteiger partial charge in [-0.25, -0.2) is 4.39 Å². The number of amides is 2. The van der Waals surface area contributed by atoms with Gasteiger partial charge in [0.1, 0.15) is 11.6 Å². The highest BCUT2D eigenvalue weighted by molar-refractivity contribution is 5.80. The predicted molar refractivity (Wildman–Crippen MR) is 99.5 cm³/mol. The molecule has 0 bridgehead atoms. The van der Waals surface area contributed by atoms with E-state index in [2.05, 4.69) is 5.32 Å². The van der Waals surface area contributed by atoms with Gasteiger partial charge in [0, 0.05) is 25.6 Å². The second-order valence-electron chi connectivity index (χ2n) is 6.60. The van der Waals surface area contributed by atoms with Crippen LogP contribution in [0.25, 0.3) is 0 Å². The number of rotatable bonds is 6. The number of carbonyl (C=O) groups excluding carboxylic acids is 2. The molecule has 0 aliphatic carbocycles. The summed E-state index contributed by atoms with van der Waals surface area (Å²) in [6.07, 6.45) is 1.26. The van der Waals surface area contributed by atoms with Crippen molar-refractivity contribution in [2.45, 2.75) is 19.4 Å². The fourth-order valence-electron chi connectivity index (χ4n) is 3.08. The van der Waals surface area contributed by atoms with Gasteiger partial charge in [-0.1, -0.05) is 30.3 Å². The molecule has 2 aromatic carbocycles. The first kappa shape index (κ1) is 18.9. The first-order chi connectivity index (χ1) is 13.1. The number of nitrogens with one attached hydrogen (secondary N) is 1. The molecule has 1 N–H and O–H groups in total. The lowest BCUT2D eigenvalue weighted by Crippen LogP contribution is -2.44. The highest BCUT2D eigenvalue weighted by Crippen LogP contribution is 2.18. The van der Waals surface area contributed by atoms with Gasteiger partial charge in [0.25, 0.3) is 5.91 Å². The third kappa shape index (κ3) is 5.54. The number of nitrogens with zero attached hydrogens (tertiary/aromatic N) is 1. The highest BCUT2D eigenvalue weighted by atomic mass is 19.1. The van der Waals surface area contributed by atoms with Gasteiger partial charge in [-0.15, -0.1) is 0 Å². The Morgan fingerprint density at radius 1 is 1.04 bits per heavy atom. The van der Waals surface area contributed by atoms with Crippen molar-refractivity contribution < 1.29 is 18.7 Å². The lowest BCUT2D eigenvalue weighted by molar-refractivity contribution is -0.137. The number of hydrogen-bond donors (Lipinski definition) is 1.